The standard InChI is InChI=1S/C19H21FO/c1-2-18(20)17(14-13-15-9-5-3-6-10-15)19(21)16-11-7-4-8-12-16/h2-12,17,19,21H,13-14H2,1H3/b18-2+/t17-,19-/m0/s1. The third-order valence-electron chi connectivity index (χ3n) is 3.74. The minimum Gasteiger partial charge on any atom is -0.388 e. The van der Waals surface area contributed by atoms with Crippen LogP contribution >= 0.6 is 0 Å². The fourth-order valence-corrected chi connectivity index (χ4v) is 2.51. The van der Waals surface area contributed by atoms with Gasteiger partial charge in [-0.05, 0) is 30.9 Å². The van der Waals surface area contributed by atoms with Crippen LogP contribution in [-0.4, -0.2) is 5.11 Å². The summed E-state index contributed by atoms with van der Waals surface area (Å²) in [6.07, 6.45) is 1.96. The van der Waals surface area contributed by atoms with Gasteiger partial charge in [-0.1, -0.05) is 66.7 Å². The van der Waals surface area contributed by atoms with Gasteiger partial charge in [-0.25, -0.2) is 4.39 Å². The van der Waals surface area contributed by atoms with Crippen LogP contribution < -0.4 is 0 Å². The normalized spacial score (nSPS) is 14.7. The Balaban J connectivity index is 2.11. The van der Waals surface area contributed by atoms with Crippen LogP contribution in [0.2, 0.25) is 0 Å². The molecule has 0 aliphatic rings. The van der Waals surface area contributed by atoms with Crippen molar-refractivity contribution in [2.75, 3.05) is 0 Å². The highest BCUT2D eigenvalue weighted by atomic mass is 19.1. The van der Waals surface area contributed by atoms with Gasteiger partial charge in [0.1, 0.15) is 5.83 Å². The summed E-state index contributed by atoms with van der Waals surface area (Å²) in [5.74, 6) is -0.750. The third kappa shape index (κ3) is 4.27. The van der Waals surface area contributed by atoms with E-state index in [9.17, 15) is 9.50 Å². The Labute approximate surface area is 125 Å². The minimum absolute atomic E-state index is 0.248. The second-order valence-electron chi connectivity index (χ2n) is 5.16. The molecule has 0 radical (unpaired) electrons. The quantitative estimate of drug-likeness (QED) is 0.804. The molecular weight excluding hydrogens is 263 g/mol. The molecule has 0 bridgehead atoms. The smallest absolute Gasteiger partial charge is 0.102 e. The predicted molar refractivity (Wildman–Crippen MR) is 84.5 cm³/mol. The number of halogens is 1. The van der Waals surface area contributed by atoms with Crippen LogP contribution in [0.3, 0.4) is 0 Å². The van der Waals surface area contributed by atoms with Crippen LogP contribution in [0.4, 0.5) is 4.39 Å². The van der Waals surface area contributed by atoms with Gasteiger partial charge in [-0.2, -0.15) is 0 Å². The van der Waals surface area contributed by atoms with Crippen molar-refractivity contribution in [2.45, 2.75) is 25.9 Å². The van der Waals surface area contributed by atoms with Crippen molar-refractivity contribution in [1.29, 1.82) is 0 Å². The fraction of sp³-hybridized carbons (Fsp3) is 0.263. The molecule has 1 nitrogen and oxygen atoms in total. The van der Waals surface area contributed by atoms with Gasteiger partial charge in [0.25, 0.3) is 0 Å². The van der Waals surface area contributed by atoms with Gasteiger partial charge in [0.2, 0.25) is 0 Å². The summed E-state index contributed by atoms with van der Waals surface area (Å²) in [4.78, 5) is 0. The van der Waals surface area contributed by atoms with Gasteiger partial charge in [0.05, 0.1) is 6.10 Å². The first-order valence-electron chi connectivity index (χ1n) is 7.31. The number of benzene rings is 2. The molecule has 21 heavy (non-hydrogen) atoms. The molecule has 0 aliphatic carbocycles. The molecule has 0 aromatic heterocycles. The lowest BCUT2D eigenvalue weighted by Gasteiger charge is -2.22. The second-order valence-corrected chi connectivity index (χ2v) is 5.16. The number of aliphatic hydroxyl groups excluding tert-OH is 1. The van der Waals surface area contributed by atoms with Crippen LogP contribution in [-0.2, 0) is 6.42 Å². The van der Waals surface area contributed by atoms with Crippen molar-refractivity contribution < 1.29 is 9.50 Å². The molecule has 0 saturated carbocycles. The number of rotatable bonds is 6. The van der Waals surface area contributed by atoms with Crippen molar-refractivity contribution in [3.63, 3.8) is 0 Å². The number of hydrogen-bond acceptors (Lipinski definition) is 1. The molecule has 0 fully saturated rings. The van der Waals surface area contributed by atoms with E-state index in [0.717, 1.165) is 17.5 Å². The summed E-state index contributed by atoms with van der Waals surface area (Å²) in [6, 6.07) is 19.3. The molecule has 110 valence electrons. The van der Waals surface area contributed by atoms with Crippen molar-refractivity contribution in [3.05, 3.63) is 83.7 Å². The maximum absolute atomic E-state index is 14.1. The average Bonchev–Trinajstić information content (AvgIpc) is 2.56. The fourth-order valence-electron chi connectivity index (χ4n) is 2.51. The zero-order valence-electron chi connectivity index (χ0n) is 12.2. The largest absolute Gasteiger partial charge is 0.388 e. The molecule has 2 aromatic carbocycles. The van der Waals surface area contributed by atoms with E-state index in [4.69, 9.17) is 0 Å². The second kappa shape index (κ2) is 7.75. The Kier molecular flexibility index (Phi) is 5.70. The van der Waals surface area contributed by atoms with Crippen molar-refractivity contribution >= 4 is 0 Å². The molecule has 2 aromatic rings. The Hall–Kier alpha value is -1.93. The van der Waals surface area contributed by atoms with E-state index in [-0.39, 0.29) is 5.83 Å². The molecule has 1 N–H and O–H groups in total. The van der Waals surface area contributed by atoms with E-state index >= 15 is 0 Å². The van der Waals surface area contributed by atoms with Crippen molar-refractivity contribution in [3.8, 4) is 0 Å². The van der Waals surface area contributed by atoms with Crippen LogP contribution in [0.5, 0.6) is 0 Å². The van der Waals surface area contributed by atoms with Crippen molar-refractivity contribution in [2.24, 2.45) is 5.92 Å². The van der Waals surface area contributed by atoms with E-state index in [2.05, 4.69) is 0 Å². The first-order chi connectivity index (χ1) is 10.2. The molecule has 2 rings (SSSR count). The zero-order valence-corrected chi connectivity index (χ0v) is 12.2. The third-order valence-corrected chi connectivity index (χ3v) is 3.74. The van der Waals surface area contributed by atoms with Gasteiger partial charge in [-0.15, -0.1) is 0 Å². The lowest BCUT2D eigenvalue weighted by molar-refractivity contribution is 0.109. The summed E-state index contributed by atoms with van der Waals surface area (Å²) in [5.41, 5.74) is 1.92. The molecular formula is C19H21FO. The van der Waals surface area contributed by atoms with Crippen LogP contribution in [0, 0.1) is 5.92 Å². The van der Waals surface area contributed by atoms with Gasteiger partial charge in [0.15, 0.2) is 0 Å². The minimum atomic E-state index is -0.814. The number of allylic oxidation sites excluding steroid dienone is 1. The first-order valence-corrected chi connectivity index (χ1v) is 7.31. The molecule has 0 spiro atoms. The first kappa shape index (κ1) is 15.5. The van der Waals surface area contributed by atoms with Crippen LogP contribution in [0.1, 0.15) is 30.6 Å². The number of hydrogen-bond donors (Lipinski definition) is 1. The highest BCUT2D eigenvalue weighted by Gasteiger charge is 2.24. The van der Waals surface area contributed by atoms with E-state index in [1.807, 2.05) is 60.7 Å². The lowest BCUT2D eigenvalue weighted by atomic mass is 9.89. The maximum atomic E-state index is 14.1. The average molecular weight is 284 g/mol. The van der Waals surface area contributed by atoms with E-state index in [1.54, 1.807) is 6.92 Å². The van der Waals surface area contributed by atoms with Gasteiger partial charge >= 0.3 is 0 Å². The molecule has 0 aliphatic heterocycles. The summed E-state index contributed by atoms with van der Waals surface area (Å²) in [7, 11) is 0. The highest BCUT2D eigenvalue weighted by Crippen LogP contribution is 2.32. The Morgan fingerprint density at radius 1 is 1.05 bits per heavy atom. The Morgan fingerprint density at radius 3 is 2.19 bits per heavy atom. The number of aliphatic hydroxyl groups is 1. The van der Waals surface area contributed by atoms with E-state index < -0.39 is 12.0 Å². The maximum Gasteiger partial charge on any atom is 0.102 e. The molecule has 2 heteroatoms. The van der Waals surface area contributed by atoms with E-state index in [1.165, 1.54) is 6.08 Å². The zero-order chi connectivity index (χ0) is 15.1. The van der Waals surface area contributed by atoms with Crippen LogP contribution in [0.25, 0.3) is 0 Å². The predicted octanol–water partition coefficient (Wildman–Crippen LogP) is 4.84. The molecule has 0 heterocycles. The molecule has 2 atom stereocenters. The van der Waals surface area contributed by atoms with Crippen molar-refractivity contribution in [1.82, 2.24) is 0 Å². The molecule has 0 amide bonds. The Bertz CT molecular complexity index is 563. The topological polar surface area (TPSA) is 20.2 Å². The van der Waals surface area contributed by atoms with Gasteiger partial charge in [0, 0.05) is 5.92 Å². The summed E-state index contributed by atoms with van der Waals surface area (Å²) >= 11 is 0. The summed E-state index contributed by atoms with van der Waals surface area (Å²) in [6.45, 7) is 1.67. The highest BCUT2D eigenvalue weighted by molar-refractivity contribution is 5.21. The number of aryl methyl sites for hydroxylation is 1. The Morgan fingerprint density at radius 2 is 1.62 bits per heavy atom. The summed E-state index contributed by atoms with van der Waals surface area (Å²) < 4.78 is 14.1. The molecule has 0 unspecified atom stereocenters. The SMILES string of the molecule is C/C=C(/F)[C@H](CCc1ccccc1)[C@@H](O)c1ccccc1. The monoisotopic (exact) mass is 284 g/mol. The lowest BCUT2D eigenvalue weighted by Crippen LogP contribution is -2.14. The van der Waals surface area contributed by atoms with Gasteiger partial charge < -0.3 is 5.11 Å². The van der Waals surface area contributed by atoms with Crippen LogP contribution in [0.15, 0.2) is 72.6 Å². The molecule has 0 saturated heterocycles. The van der Waals surface area contributed by atoms with Gasteiger partial charge in [-0.3, -0.25) is 0 Å². The summed E-state index contributed by atoms with van der Waals surface area (Å²) in [5, 5.41) is 10.5. The van der Waals surface area contributed by atoms with E-state index in [0.29, 0.717) is 6.42 Å².